The Morgan fingerprint density at radius 3 is 2.58 bits per heavy atom. The fourth-order valence-corrected chi connectivity index (χ4v) is 4.98. The lowest BCUT2D eigenvalue weighted by atomic mass is 9.76. The zero-order chi connectivity index (χ0) is 21.5. The number of ether oxygens (including phenoxy) is 1. The van der Waals surface area contributed by atoms with Crippen LogP contribution in [0.25, 0.3) is 0 Å². The van der Waals surface area contributed by atoms with E-state index < -0.39 is 5.92 Å². The molecule has 2 atom stereocenters. The first kappa shape index (κ1) is 19.6. The molecule has 0 fully saturated rings. The molecular formula is C25H21ClN2O3. The molecule has 0 radical (unpaired) electrons. The second-order valence-electron chi connectivity index (χ2n) is 7.80. The Balaban J connectivity index is 1.59. The number of halogens is 1. The monoisotopic (exact) mass is 432 g/mol. The summed E-state index contributed by atoms with van der Waals surface area (Å²) in [5.74, 6) is -0.184. The minimum absolute atomic E-state index is 0.0216. The second kappa shape index (κ2) is 7.75. The molecule has 156 valence electrons. The highest BCUT2D eigenvalue weighted by Crippen LogP contribution is 2.46. The number of anilines is 1. The van der Waals surface area contributed by atoms with Gasteiger partial charge in [0, 0.05) is 17.8 Å². The number of amides is 2. The first-order chi connectivity index (χ1) is 15.1. The van der Waals surface area contributed by atoms with Crippen LogP contribution < -0.4 is 10.1 Å². The smallest absolute Gasteiger partial charge is 0.254 e. The number of nitrogens with one attached hydrogen (secondary N) is 1. The van der Waals surface area contributed by atoms with Gasteiger partial charge in [-0.3, -0.25) is 9.59 Å². The Labute approximate surface area is 185 Å². The Bertz CT molecular complexity index is 1190. The van der Waals surface area contributed by atoms with Crippen LogP contribution in [0.5, 0.6) is 5.75 Å². The lowest BCUT2D eigenvalue weighted by Gasteiger charge is -2.45. The fourth-order valence-electron chi connectivity index (χ4n) is 4.72. The number of methoxy groups -OCH3 is 1. The van der Waals surface area contributed by atoms with Crippen molar-refractivity contribution in [1.29, 1.82) is 0 Å². The van der Waals surface area contributed by atoms with Crippen LogP contribution in [0.3, 0.4) is 0 Å². The van der Waals surface area contributed by atoms with Crippen molar-refractivity contribution in [2.45, 2.75) is 18.4 Å². The molecule has 1 N–H and O–H groups in total. The lowest BCUT2D eigenvalue weighted by Crippen LogP contribution is -2.49. The molecule has 2 heterocycles. The van der Waals surface area contributed by atoms with Crippen molar-refractivity contribution in [3.63, 3.8) is 0 Å². The van der Waals surface area contributed by atoms with Crippen molar-refractivity contribution < 1.29 is 14.3 Å². The van der Waals surface area contributed by atoms with Crippen molar-refractivity contribution in [3.05, 3.63) is 94.0 Å². The Kier molecular flexibility index (Phi) is 4.91. The quantitative estimate of drug-likeness (QED) is 0.645. The van der Waals surface area contributed by atoms with Crippen LogP contribution in [0.4, 0.5) is 5.69 Å². The molecule has 0 bridgehead atoms. The van der Waals surface area contributed by atoms with Crippen LogP contribution >= 0.6 is 11.6 Å². The van der Waals surface area contributed by atoms with Crippen LogP contribution in [0.2, 0.25) is 5.02 Å². The van der Waals surface area contributed by atoms with E-state index in [4.69, 9.17) is 16.3 Å². The Morgan fingerprint density at radius 2 is 1.81 bits per heavy atom. The molecule has 3 aromatic carbocycles. The molecule has 31 heavy (non-hydrogen) atoms. The maximum atomic E-state index is 13.6. The number of hydrogen-bond donors (Lipinski definition) is 1. The average Bonchev–Trinajstić information content (AvgIpc) is 2.79. The van der Waals surface area contributed by atoms with Crippen molar-refractivity contribution in [2.75, 3.05) is 19.0 Å². The van der Waals surface area contributed by atoms with E-state index in [1.807, 2.05) is 41.3 Å². The van der Waals surface area contributed by atoms with Gasteiger partial charge in [0.2, 0.25) is 5.91 Å². The zero-order valence-corrected chi connectivity index (χ0v) is 17.7. The summed E-state index contributed by atoms with van der Waals surface area (Å²) in [5, 5.41) is 3.43. The van der Waals surface area contributed by atoms with Gasteiger partial charge in [-0.2, -0.15) is 0 Å². The van der Waals surface area contributed by atoms with Crippen LogP contribution in [0.15, 0.2) is 66.7 Å². The van der Waals surface area contributed by atoms with Crippen molar-refractivity contribution >= 4 is 29.1 Å². The molecule has 6 heteroatoms. The maximum Gasteiger partial charge on any atom is 0.254 e. The highest BCUT2D eigenvalue weighted by atomic mass is 35.5. The molecule has 5 nitrogen and oxygen atoms in total. The highest BCUT2D eigenvalue weighted by Gasteiger charge is 2.46. The molecule has 0 spiro atoms. The standard InChI is InChI=1S/C25H21ClN2O3/c1-31-21-11-10-16(14-20(21)26)27-24(29)22-18-8-4-5-9-19(18)25(30)28-13-12-15-6-2-3-7-17(15)23(22)28/h2-11,14,22-23H,12-13H2,1H3,(H,27,29)/t22-,23+/m1/s1. The van der Waals surface area contributed by atoms with E-state index in [-0.39, 0.29) is 17.9 Å². The third kappa shape index (κ3) is 3.26. The van der Waals surface area contributed by atoms with Gasteiger partial charge in [-0.1, -0.05) is 54.1 Å². The Hall–Kier alpha value is -3.31. The van der Waals surface area contributed by atoms with Gasteiger partial charge in [0.05, 0.1) is 24.1 Å². The molecule has 0 aromatic heterocycles. The average molecular weight is 433 g/mol. The zero-order valence-electron chi connectivity index (χ0n) is 17.0. The largest absolute Gasteiger partial charge is 0.495 e. The molecule has 3 aromatic rings. The minimum atomic E-state index is -0.531. The van der Waals surface area contributed by atoms with E-state index in [1.54, 1.807) is 31.4 Å². The van der Waals surface area contributed by atoms with Crippen LogP contribution in [-0.4, -0.2) is 30.4 Å². The summed E-state index contributed by atoms with van der Waals surface area (Å²) in [5.41, 5.74) is 4.14. The number of rotatable bonds is 3. The third-order valence-corrected chi connectivity index (χ3v) is 6.43. The van der Waals surface area contributed by atoms with E-state index in [0.29, 0.717) is 28.6 Å². The van der Waals surface area contributed by atoms with E-state index in [2.05, 4.69) is 11.4 Å². The first-order valence-corrected chi connectivity index (χ1v) is 10.6. The molecule has 5 rings (SSSR count). The summed E-state index contributed by atoms with van der Waals surface area (Å²) in [6.45, 7) is 0.590. The molecule has 0 aliphatic carbocycles. The molecule has 2 aliphatic heterocycles. The van der Waals surface area contributed by atoms with Gasteiger partial charge in [-0.25, -0.2) is 0 Å². The fraction of sp³-hybridized carbons (Fsp3) is 0.200. The minimum Gasteiger partial charge on any atom is -0.495 e. The van der Waals surface area contributed by atoms with Gasteiger partial charge in [0.1, 0.15) is 5.75 Å². The van der Waals surface area contributed by atoms with Crippen molar-refractivity contribution in [2.24, 2.45) is 0 Å². The molecule has 2 amide bonds. The number of benzene rings is 3. The first-order valence-electron chi connectivity index (χ1n) is 10.2. The number of carbonyl (C=O) groups is 2. The lowest BCUT2D eigenvalue weighted by molar-refractivity contribution is -0.119. The summed E-state index contributed by atoms with van der Waals surface area (Å²) in [6, 6.07) is 20.3. The van der Waals surface area contributed by atoms with Gasteiger partial charge in [-0.15, -0.1) is 0 Å². The summed E-state index contributed by atoms with van der Waals surface area (Å²) < 4.78 is 5.20. The molecule has 0 unspecified atom stereocenters. The number of carbonyl (C=O) groups excluding carboxylic acids is 2. The molecular weight excluding hydrogens is 412 g/mol. The summed E-state index contributed by atoms with van der Waals surface area (Å²) in [4.78, 5) is 28.8. The van der Waals surface area contributed by atoms with Gasteiger partial charge < -0.3 is 15.0 Å². The Morgan fingerprint density at radius 1 is 1.06 bits per heavy atom. The van der Waals surface area contributed by atoms with E-state index in [9.17, 15) is 9.59 Å². The SMILES string of the molecule is COc1ccc(NC(=O)[C@@H]2c3ccccc3C(=O)N3CCc4ccccc4[C@@H]23)cc1Cl. The van der Waals surface area contributed by atoms with Crippen LogP contribution in [-0.2, 0) is 11.2 Å². The summed E-state index contributed by atoms with van der Waals surface area (Å²) >= 11 is 6.25. The highest BCUT2D eigenvalue weighted by molar-refractivity contribution is 6.32. The predicted octanol–water partition coefficient (Wildman–Crippen LogP) is 4.82. The topological polar surface area (TPSA) is 58.6 Å². The van der Waals surface area contributed by atoms with Gasteiger partial charge in [0.25, 0.3) is 5.91 Å². The number of fused-ring (bicyclic) bond motifs is 4. The predicted molar refractivity (Wildman–Crippen MR) is 120 cm³/mol. The second-order valence-corrected chi connectivity index (χ2v) is 8.20. The summed E-state index contributed by atoms with van der Waals surface area (Å²) in [7, 11) is 1.55. The maximum absolute atomic E-state index is 13.6. The normalized spacial score (nSPS) is 19.2. The number of nitrogens with zero attached hydrogens (tertiary/aromatic N) is 1. The molecule has 0 saturated heterocycles. The molecule has 2 aliphatic rings. The van der Waals surface area contributed by atoms with Crippen molar-refractivity contribution in [1.82, 2.24) is 4.90 Å². The third-order valence-electron chi connectivity index (χ3n) is 6.14. The van der Waals surface area contributed by atoms with Gasteiger partial charge in [-0.05, 0) is 47.4 Å². The van der Waals surface area contributed by atoms with Crippen LogP contribution in [0.1, 0.15) is 39.0 Å². The van der Waals surface area contributed by atoms with Crippen molar-refractivity contribution in [3.8, 4) is 5.75 Å². The van der Waals surface area contributed by atoms with Gasteiger partial charge >= 0.3 is 0 Å². The van der Waals surface area contributed by atoms with E-state index in [1.165, 1.54) is 5.56 Å². The molecule has 0 saturated carbocycles. The van der Waals surface area contributed by atoms with E-state index >= 15 is 0 Å². The van der Waals surface area contributed by atoms with Gasteiger partial charge in [0.15, 0.2) is 0 Å². The summed E-state index contributed by atoms with van der Waals surface area (Å²) in [6.07, 6.45) is 0.781. The van der Waals surface area contributed by atoms with Crippen LogP contribution in [0, 0.1) is 0 Å². The number of hydrogen-bond acceptors (Lipinski definition) is 3. The van der Waals surface area contributed by atoms with E-state index in [0.717, 1.165) is 17.5 Å².